The molecule has 0 aromatic heterocycles. The molecule has 0 amide bonds. The monoisotopic (exact) mass is 377 g/mol. The van der Waals surface area contributed by atoms with Crippen molar-refractivity contribution in [2.75, 3.05) is 7.11 Å². The Hall–Kier alpha value is -2.74. The van der Waals surface area contributed by atoms with Gasteiger partial charge >= 0.3 is 5.97 Å². The van der Waals surface area contributed by atoms with Crippen LogP contribution in [-0.2, 0) is 14.6 Å². The Balaban J connectivity index is 2.33. The minimum absolute atomic E-state index is 0.0516. The third-order valence-electron chi connectivity index (χ3n) is 4.23. The van der Waals surface area contributed by atoms with Gasteiger partial charge < -0.3 is 9.84 Å². The lowest BCUT2D eigenvalue weighted by molar-refractivity contribution is -0.135. The fourth-order valence-electron chi connectivity index (χ4n) is 2.99. The normalized spacial score (nSPS) is 16.1. The Kier molecular flexibility index (Phi) is 4.53. The predicted molar refractivity (Wildman–Crippen MR) is 90.7 cm³/mol. The Bertz CT molecular complexity index is 1110. The summed E-state index contributed by atoms with van der Waals surface area (Å²) in [5.74, 6) is -1.61. The number of rotatable bonds is 5. The van der Waals surface area contributed by atoms with Crippen molar-refractivity contribution < 1.29 is 27.4 Å². The van der Waals surface area contributed by atoms with Crippen LogP contribution in [0, 0.1) is 5.82 Å². The third-order valence-corrected chi connectivity index (χ3v) is 6.06. The zero-order valence-electron chi connectivity index (χ0n) is 14.1. The second-order valence-electron chi connectivity index (χ2n) is 5.85. The fourth-order valence-corrected chi connectivity index (χ4v) is 4.55. The summed E-state index contributed by atoms with van der Waals surface area (Å²) < 4.78 is 45.7. The number of hydrogen-bond donors (Lipinski definition) is 1. The quantitative estimate of drug-likeness (QED) is 0.848. The second-order valence-corrected chi connectivity index (χ2v) is 7.74. The molecule has 1 aliphatic rings. The molecule has 0 spiro atoms. The fraction of sp³-hybridized carbons (Fsp3) is 0.222. The number of carboxylic acid groups (broad SMARTS) is 1. The lowest BCUT2D eigenvalue weighted by Gasteiger charge is -2.10. The maximum atomic E-state index is 14.6. The molecule has 6 nitrogen and oxygen atoms in total. The average molecular weight is 377 g/mol. The highest BCUT2D eigenvalue weighted by molar-refractivity contribution is 7.91. The number of benzene rings is 2. The molecule has 3 rings (SSSR count). The molecule has 0 fully saturated rings. The Morgan fingerprint density at radius 2 is 1.88 bits per heavy atom. The minimum atomic E-state index is -4.22. The summed E-state index contributed by atoms with van der Waals surface area (Å²) >= 11 is 0. The van der Waals surface area contributed by atoms with Gasteiger partial charge in [0.05, 0.1) is 29.8 Å². The number of nitrogens with zero attached hydrogens (tertiary/aromatic N) is 1. The Morgan fingerprint density at radius 1 is 1.23 bits per heavy atom. The van der Waals surface area contributed by atoms with Gasteiger partial charge in [0.25, 0.3) is 0 Å². The van der Waals surface area contributed by atoms with Gasteiger partial charge in [0.2, 0.25) is 9.84 Å². The summed E-state index contributed by atoms with van der Waals surface area (Å²) in [6, 6.07) is 7.43. The first kappa shape index (κ1) is 18.1. The first-order valence-electron chi connectivity index (χ1n) is 7.76. The van der Waals surface area contributed by atoms with Crippen molar-refractivity contribution >= 4 is 21.4 Å². The van der Waals surface area contributed by atoms with Gasteiger partial charge in [-0.25, -0.2) is 12.8 Å². The van der Waals surface area contributed by atoms with Crippen LogP contribution in [0.2, 0.25) is 0 Å². The predicted octanol–water partition coefficient (Wildman–Crippen LogP) is 1.31. The molecule has 0 bridgehead atoms. The smallest absolute Gasteiger partial charge is 0.307 e. The van der Waals surface area contributed by atoms with Gasteiger partial charge in [0.15, 0.2) is 0 Å². The van der Waals surface area contributed by atoms with E-state index in [1.165, 1.54) is 37.4 Å². The number of sulfone groups is 1. The zero-order chi connectivity index (χ0) is 19.1. The number of aliphatic carboxylic acids is 1. The van der Waals surface area contributed by atoms with Crippen LogP contribution in [-0.4, -0.2) is 32.6 Å². The molecular formula is C18H16FNO5S. The van der Waals surface area contributed by atoms with E-state index in [0.29, 0.717) is 5.75 Å². The van der Waals surface area contributed by atoms with Crippen LogP contribution in [0.4, 0.5) is 4.39 Å². The lowest BCUT2D eigenvalue weighted by Crippen LogP contribution is -2.32. The summed E-state index contributed by atoms with van der Waals surface area (Å²) in [6.45, 7) is 1.65. The molecule has 1 atom stereocenters. The van der Waals surface area contributed by atoms with Crippen molar-refractivity contribution in [2.45, 2.75) is 29.2 Å². The third kappa shape index (κ3) is 2.96. The van der Waals surface area contributed by atoms with Crippen LogP contribution in [0.25, 0.3) is 5.57 Å². The average Bonchev–Trinajstić information content (AvgIpc) is 2.90. The molecule has 0 aliphatic carbocycles. The van der Waals surface area contributed by atoms with E-state index < -0.39 is 39.0 Å². The van der Waals surface area contributed by atoms with Crippen LogP contribution in [0.15, 0.2) is 51.2 Å². The summed E-state index contributed by atoms with van der Waals surface area (Å²) in [4.78, 5) is 14.8. The number of ether oxygens (including phenoxy) is 1. The number of fused-ring (bicyclic) bond motifs is 1. The van der Waals surface area contributed by atoms with Gasteiger partial charge in [-0.05, 0) is 48.9 Å². The molecule has 1 unspecified atom stereocenters. The van der Waals surface area contributed by atoms with Gasteiger partial charge in [0, 0.05) is 5.22 Å². The highest BCUT2D eigenvalue weighted by atomic mass is 32.2. The van der Waals surface area contributed by atoms with Crippen molar-refractivity contribution in [2.24, 2.45) is 4.99 Å². The molecule has 0 radical (unpaired) electrons. The van der Waals surface area contributed by atoms with Crippen molar-refractivity contribution in [3.63, 3.8) is 0 Å². The first-order chi connectivity index (χ1) is 12.3. The number of methoxy groups -OCH3 is 1. The molecule has 136 valence electrons. The molecule has 2 aromatic carbocycles. The number of hydrogen-bond acceptors (Lipinski definition) is 5. The molecule has 2 aromatic rings. The highest BCUT2D eigenvalue weighted by Crippen LogP contribution is 2.24. The topological polar surface area (TPSA) is 93.0 Å². The SMILES string of the molecule is COc1ccc(S(=O)(=O)c2c(F)ccc3c2=C(CC(=O)O)C(C)N=3)cc1. The van der Waals surface area contributed by atoms with Gasteiger partial charge in [-0.3, -0.25) is 9.79 Å². The minimum Gasteiger partial charge on any atom is -0.497 e. The van der Waals surface area contributed by atoms with Gasteiger partial charge in [-0.1, -0.05) is 0 Å². The maximum Gasteiger partial charge on any atom is 0.307 e. The van der Waals surface area contributed by atoms with E-state index in [9.17, 15) is 17.6 Å². The molecule has 0 saturated carbocycles. The van der Waals surface area contributed by atoms with E-state index in [2.05, 4.69) is 4.99 Å². The number of carboxylic acids is 1. The molecule has 1 N–H and O–H groups in total. The second kappa shape index (κ2) is 6.53. The van der Waals surface area contributed by atoms with Gasteiger partial charge in [0.1, 0.15) is 16.5 Å². The highest BCUT2D eigenvalue weighted by Gasteiger charge is 2.29. The van der Waals surface area contributed by atoms with E-state index in [4.69, 9.17) is 9.84 Å². The first-order valence-corrected chi connectivity index (χ1v) is 9.24. The Labute approximate surface area is 149 Å². The van der Waals surface area contributed by atoms with Crippen molar-refractivity contribution in [3.8, 4) is 5.75 Å². The Morgan fingerprint density at radius 3 is 2.46 bits per heavy atom. The van der Waals surface area contributed by atoms with Crippen LogP contribution in [0.1, 0.15) is 13.3 Å². The van der Waals surface area contributed by atoms with Crippen molar-refractivity contribution in [3.05, 3.63) is 52.8 Å². The standard InChI is InChI=1S/C18H16FNO5S/c1-10-13(9-16(21)22)17-15(20-10)8-7-14(19)18(17)26(23,24)12-5-3-11(25-2)4-6-12/h3-8,10H,9H2,1-2H3,(H,21,22). The number of halogens is 1. The van der Waals surface area contributed by atoms with E-state index in [-0.39, 0.29) is 21.0 Å². The van der Waals surface area contributed by atoms with Gasteiger partial charge in [-0.2, -0.15) is 0 Å². The molecule has 0 saturated heterocycles. The van der Waals surface area contributed by atoms with Crippen molar-refractivity contribution in [1.29, 1.82) is 0 Å². The molecular weight excluding hydrogens is 361 g/mol. The van der Waals surface area contributed by atoms with E-state index >= 15 is 0 Å². The lowest BCUT2D eigenvalue weighted by atomic mass is 10.0. The summed E-state index contributed by atoms with van der Waals surface area (Å²) in [7, 11) is -2.77. The van der Waals surface area contributed by atoms with Crippen LogP contribution in [0.5, 0.6) is 5.75 Å². The van der Waals surface area contributed by atoms with E-state index in [1.807, 2.05) is 0 Å². The van der Waals surface area contributed by atoms with Crippen molar-refractivity contribution in [1.82, 2.24) is 0 Å². The number of carbonyl (C=O) groups is 1. The molecule has 1 heterocycles. The van der Waals surface area contributed by atoms with E-state index in [1.54, 1.807) is 6.92 Å². The summed E-state index contributed by atoms with van der Waals surface area (Å²) in [5.41, 5.74) is 0.277. The van der Waals surface area contributed by atoms with Crippen LogP contribution < -0.4 is 15.3 Å². The van der Waals surface area contributed by atoms with Gasteiger partial charge in [-0.15, -0.1) is 0 Å². The summed E-state index contributed by atoms with van der Waals surface area (Å²) in [6.07, 6.45) is -0.410. The maximum absolute atomic E-state index is 14.6. The molecule has 8 heteroatoms. The largest absolute Gasteiger partial charge is 0.497 e. The summed E-state index contributed by atoms with van der Waals surface area (Å²) in [5, 5.41) is 9.47. The van der Waals surface area contributed by atoms with Crippen LogP contribution in [0.3, 0.4) is 0 Å². The molecule has 26 heavy (non-hydrogen) atoms. The van der Waals surface area contributed by atoms with Crippen LogP contribution >= 0.6 is 0 Å². The van der Waals surface area contributed by atoms with E-state index in [0.717, 1.165) is 6.07 Å². The zero-order valence-corrected chi connectivity index (χ0v) is 14.9. The molecule has 1 aliphatic heterocycles.